The number of tetrazole rings is 1. The molecule has 1 aromatic heterocycles. The second-order valence-electron chi connectivity index (χ2n) is 9.84. The maximum atomic E-state index is 12.0. The van der Waals surface area contributed by atoms with Gasteiger partial charge in [-0.25, -0.2) is 0 Å². The number of nitrogens with zero attached hydrogens (tertiary/aromatic N) is 5. The average Bonchev–Trinajstić information content (AvgIpc) is 3.46. The first kappa shape index (κ1) is 23.2. The summed E-state index contributed by atoms with van der Waals surface area (Å²) >= 11 is 6.26. The first-order chi connectivity index (χ1) is 16.4. The standard InChI is InChI=1S/C23H29ClN6O4/c24-18-4-2-1-3-17(18)21-26-28-30(27-21)16-9-20(23(33)34)29(12-16)11-13-5-6-14-10-25-19(22(31)32)8-15(14)7-13/h1-4,13-16,19-20,25H,5-12H2,(H,31,32)(H,33,34)/t13?,14-,15?,16-,19?,20-/m0/s1. The van der Waals surface area contributed by atoms with E-state index in [0.29, 0.717) is 60.1 Å². The number of carboxylic acids is 2. The van der Waals surface area contributed by atoms with Crippen LogP contribution in [-0.4, -0.2) is 79.0 Å². The first-order valence-electron chi connectivity index (χ1n) is 11.9. The molecule has 5 rings (SSSR count). The van der Waals surface area contributed by atoms with Crippen LogP contribution in [0, 0.1) is 17.8 Å². The van der Waals surface area contributed by atoms with Crippen molar-refractivity contribution >= 4 is 23.5 Å². The summed E-state index contributed by atoms with van der Waals surface area (Å²) in [5, 5.41) is 35.8. The maximum Gasteiger partial charge on any atom is 0.321 e. The Morgan fingerprint density at radius 2 is 1.91 bits per heavy atom. The Kier molecular flexibility index (Phi) is 6.54. The van der Waals surface area contributed by atoms with Gasteiger partial charge in [0.25, 0.3) is 0 Å². The van der Waals surface area contributed by atoms with Gasteiger partial charge in [0.2, 0.25) is 5.82 Å². The Morgan fingerprint density at radius 3 is 2.68 bits per heavy atom. The molecule has 2 aliphatic heterocycles. The molecule has 0 bridgehead atoms. The number of carboxylic acid groups (broad SMARTS) is 2. The molecule has 0 radical (unpaired) electrons. The molecule has 3 N–H and O–H groups in total. The molecule has 11 heteroatoms. The Bertz CT molecular complexity index is 1060. The minimum Gasteiger partial charge on any atom is -0.480 e. The van der Waals surface area contributed by atoms with Crippen LogP contribution < -0.4 is 5.32 Å². The summed E-state index contributed by atoms with van der Waals surface area (Å²) in [5.74, 6) is 0.0414. The Morgan fingerprint density at radius 1 is 1.09 bits per heavy atom. The summed E-state index contributed by atoms with van der Waals surface area (Å²) in [4.78, 5) is 27.0. The molecular formula is C23H29ClN6O4. The number of carbonyl (C=O) groups is 2. The highest BCUT2D eigenvalue weighted by atomic mass is 35.5. The van der Waals surface area contributed by atoms with Gasteiger partial charge in [0, 0.05) is 18.7 Å². The van der Waals surface area contributed by atoms with Crippen LogP contribution in [0.4, 0.5) is 0 Å². The molecule has 182 valence electrons. The van der Waals surface area contributed by atoms with Crippen molar-refractivity contribution in [2.75, 3.05) is 19.6 Å². The monoisotopic (exact) mass is 488 g/mol. The second kappa shape index (κ2) is 9.59. The van der Waals surface area contributed by atoms with Crippen LogP contribution >= 0.6 is 11.6 Å². The smallest absolute Gasteiger partial charge is 0.321 e. The van der Waals surface area contributed by atoms with E-state index in [9.17, 15) is 19.8 Å². The SMILES string of the molecule is O=C(O)C1CC2CC(CN3C[C@@H](n4nnc(-c5ccccc5Cl)n4)C[C@H]3C(=O)O)CC[C@H]2CN1. The van der Waals surface area contributed by atoms with E-state index in [2.05, 4.69) is 20.7 Å². The molecule has 1 aromatic carbocycles. The predicted molar refractivity (Wildman–Crippen MR) is 123 cm³/mol. The average molecular weight is 489 g/mol. The molecule has 10 nitrogen and oxygen atoms in total. The van der Waals surface area contributed by atoms with Gasteiger partial charge in [-0.05, 0) is 73.7 Å². The topological polar surface area (TPSA) is 133 Å². The molecule has 3 heterocycles. The van der Waals surface area contributed by atoms with Crippen molar-refractivity contribution < 1.29 is 19.8 Å². The third-order valence-corrected chi connectivity index (χ3v) is 8.07. The molecule has 1 saturated carbocycles. The number of aliphatic carboxylic acids is 2. The highest BCUT2D eigenvalue weighted by Gasteiger charge is 2.42. The predicted octanol–water partition coefficient (Wildman–Crippen LogP) is 2.17. The molecule has 2 saturated heterocycles. The van der Waals surface area contributed by atoms with Gasteiger partial charge in [0.05, 0.1) is 11.1 Å². The summed E-state index contributed by atoms with van der Waals surface area (Å²) in [6.07, 6.45) is 4.09. The third-order valence-electron chi connectivity index (χ3n) is 7.74. The van der Waals surface area contributed by atoms with Crippen LogP contribution in [0.1, 0.15) is 38.1 Å². The zero-order chi connectivity index (χ0) is 23.8. The summed E-state index contributed by atoms with van der Waals surface area (Å²) in [6, 6.07) is 6.03. The summed E-state index contributed by atoms with van der Waals surface area (Å²) in [6.45, 7) is 1.98. The first-order valence-corrected chi connectivity index (χ1v) is 12.2. The Balaban J connectivity index is 1.25. The van der Waals surface area contributed by atoms with Crippen LogP contribution in [0.5, 0.6) is 0 Å². The van der Waals surface area contributed by atoms with Crippen molar-refractivity contribution in [3.05, 3.63) is 29.3 Å². The number of halogens is 1. The molecule has 0 amide bonds. The number of aromatic nitrogens is 4. The lowest BCUT2D eigenvalue weighted by Gasteiger charge is -2.42. The van der Waals surface area contributed by atoms with E-state index in [0.717, 1.165) is 25.8 Å². The van der Waals surface area contributed by atoms with E-state index in [-0.39, 0.29) is 6.04 Å². The molecule has 0 spiro atoms. The molecule has 3 fully saturated rings. The van der Waals surface area contributed by atoms with Gasteiger partial charge in [0.15, 0.2) is 0 Å². The zero-order valence-electron chi connectivity index (χ0n) is 18.8. The number of hydrogen-bond donors (Lipinski definition) is 3. The lowest BCUT2D eigenvalue weighted by atomic mass is 9.69. The summed E-state index contributed by atoms with van der Waals surface area (Å²) in [5.41, 5.74) is 0.693. The third kappa shape index (κ3) is 4.67. The van der Waals surface area contributed by atoms with E-state index in [4.69, 9.17) is 11.6 Å². The quantitative estimate of drug-likeness (QED) is 0.559. The van der Waals surface area contributed by atoms with Crippen LogP contribution in [0.25, 0.3) is 11.4 Å². The van der Waals surface area contributed by atoms with Crippen LogP contribution in [0.3, 0.4) is 0 Å². The van der Waals surface area contributed by atoms with Gasteiger partial charge in [0.1, 0.15) is 12.1 Å². The van der Waals surface area contributed by atoms with Crippen molar-refractivity contribution in [3.63, 3.8) is 0 Å². The van der Waals surface area contributed by atoms with Crippen molar-refractivity contribution in [2.24, 2.45) is 17.8 Å². The number of fused-ring (bicyclic) bond motifs is 1. The zero-order valence-corrected chi connectivity index (χ0v) is 19.5. The van der Waals surface area contributed by atoms with E-state index in [1.54, 1.807) is 6.07 Å². The minimum absolute atomic E-state index is 0.184. The van der Waals surface area contributed by atoms with Gasteiger partial charge in [-0.3, -0.25) is 14.5 Å². The van der Waals surface area contributed by atoms with Crippen molar-refractivity contribution in [1.29, 1.82) is 0 Å². The van der Waals surface area contributed by atoms with Gasteiger partial charge in [-0.2, -0.15) is 4.80 Å². The molecular weight excluding hydrogens is 460 g/mol. The number of rotatable bonds is 6. The highest BCUT2D eigenvalue weighted by molar-refractivity contribution is 6.33. The van der Waals surface area contributed by atoms with E-state index in [1.807, 2.05) is 23.1 Å². The fourth-order valence-corrected chi connectivity index (χ4v) is 6.20. The van der Waals surface area contributed by atoms with Crippen molar-refractivity contribution in [2.45, 2.75) is 50.2 Å². The van der Waals surface area contributed by atoms with Gasteiger partial charge < -0.3 is 15.5 Å². The molecule has 3 unspecified atom stereocenters. The maximum absolute atomic E-state index is 12.0. The van der Waals surface area contributed by atoms with E-state index < -0.39 is 24.0 Å². The molecule has 1 aliphatic carbocycles. The van der Waals surface area contributed by atoms with E-state index in [1.165, 1.54) is 4.80 Å². The Labute approximate surface area is 202 Å². The summed E-state index contributed by atoms with van der Waals surface area (Å²) in [7, 11) is 0. The van der Waals surface area contributed by atoms with Gasteiger partial charge in [-0.1, -0.05) is 23.7 Å². The molecule has 3 aliphatic rings. The number of likely N-dealkylation sites (tertiary alicyclic amines) is 1. The highest BCUT2D eigenvalue weighted by Crippen LogP contribution is 2.40. The van der Waals surface area contributed by atoms with Gasteiger partial charge >= 0.3 is 11.9 Å². The largest absolute Gasteiger partial charge is 0.480 e. The minimum atomic E-state index is -0.838. The van der Waals surface area contributed by atoms with E-state index >= 15 is 0 Å². The van der Waals surface area contributed by atoms with Crippen LogP contribution in [-0.2, 0) is 9.59 Å². The lowest BCUT2D eigenvalue weighted by Crippen LogP contribution is -2.50. The fraction of sp³-hybridized carbons (Fsp3) is 0.609. The van der Waals surface area contributed by atoms with Crippen LogP contribution in [0.15, 0.2) is 24.3 Å². The number of benzene rings is 1. The number of hydrogen-bond acceptors (Lipinski definition) is 7. The van der Waals surface area contributed by atoms with Gasteiger partial charge in [-0.15, -0.1) is 10.2 Å². The lowest BCUT2D eigenvalue weighted by molar-refractivity contribution is -0.143. The summed E-state index contributed by atoms with van der Waals surface area (Å²) < 4.78 is 0. The fourth-order valence-electron chi connectivity index (χ4n) is 5.98. The number of piperidine rings is 1. The number of nitrogens with one attached hydrogen (secondary N) is 1. The second-order valence-corrected chi connectivity index (χ2v) is 10.3. The normalized spacial score (nSPS) is 31.8. The molecule has 2 aromatic rings. The van der Waals surface area contributed by atoms with Crippen LogP contribution in [0.2, 0.25) is 5.02 Å². The van der Waals surface area contributed by atoms with Crippen molar-refractivity contribution in [3.8, 4) is 11.4 Å². The molecule has 34 heavy (non-hydrogen) atoms. The van der Waals surface area contributed by atoms with Crippen molar-refractivity contribution in [1.82, 2.24) is 30.4 Å². The Hall–Kier alpha value is -2.56. The molecule has 6 atom stereocenters.